The maximum Gasteiger partial charge on any atom is 0.236 e. The molecule has 1 heterocycles. The summed E-state index contributed by atoms with van der Waals surface area (Å²) in [6, 6.07) is 5.90. The van der Waals surface area contributed by atoms with E-state index in [1.54, 1.807) is 4.31 Å². The van der Waals surface area contributed by atoms with Gasteiger partial charge < -0.3 is 5.32 Å². The molecule has 0 spiro atoms. The summed E-state index contributed by atoms with van der Waals surface area (Å²) >= 11 is 0. The third kappa shape index (κ3) is 2.67. The van der Waals surface area contributed by atoms with Gasteiger partial charge in [-0.25, -0.2) is 8.42 Å². The molecule has 100 valence electrons. The molecule has 1 fully saturated rings. The average molecular weight is 268 g/mol. The molecule has 5 heteroatoms. The Balaban J connectivity index is 2.45. The Kier molecular flexibility index (Phi) is 3.92. The van der Waals surface area contributed by atoms with Crippen LogP contribution >= 0.6 is 0 Å². The smallest absolute Gasteiger partial charge is 0.236 e. The van der Waals surface area contributed by atoms with E-state index in [-0.39, 0.29) is 5.75 Å². The number of sulfonamides is 1. The summed E-state index contributed by atoms with van der Waals surface area (Å²) in [6.45, 7) is 5.89. The first-order chi connectivity index (χ1) is 8.52. The third-order valence-electron chi connectivity index (χ3n) is 3.28. The number of anilines is 1. The lowest BCUT2D eigenvalue weighted by atomic mass is 10.1. The number of hydrogen-bond acceptors (Lipinski definition) is 3. The van der Waals surface area contributed by atoms with Crippen LogP contribution in [0, 0.1) is 13.8 Å². The van der Waals surface area contributed by atoms with Crippen LogP contribution in [0.2, 0.25) is 0 Å². The third-order valence-corrected chi connectivity index (χ3v) is 5.03. The highest BCUT2D eigenvalue weighted by molar-refractivity contribution is 7.92. The molecule has 18 heavy (non-hydrogen) atoms. The van der Waals surface area contributed by atoms with Gasteiger partial charge in [0, 0.05) is 13.1 Å². The van der Waals surface area contributed by atoms with E-state index in [9.17, 15) is 8.42 Å². The zero-order valence-electron chi connectivity index (χ0n) is 10.9. The van der Waals surface area contributed by atoms with E-state index in [2.05, 4.69) is 5.32 Å². The first-order valence-electron chi connectivity index (χ1n) is 6.30. The van der Waals surface area contributed by atoms with Crippen molar-refractivity contribution in [2.24, 2.45) is 0 Å². The van der Waals surface area contributed by atoms with Crippen molar-refractivity contribution < 1.29 is 8.42 Å². The summed E-state index contributed by atoms with van der Waals surface area (Å²) in [7, 11) is -3.21. The van der Waals surface area contributed by atoms with Crippen LogP contribution < -0.4 is 9.62 Å². The summed E-state index contributed by atoms with van der Waals surface area (Å²) in [5.74, 6) is 0.167. The second-order valence-electron chi connectivity index (χ2n) is 4.73. The molecular weight excluding hydrogens is 248 g/mol. The normalized spacial score (nSPS) is 20.2. The van der Waals surface area contributed by atoms with Crippen LogP contribution in [0.15, 0.2) is 18.2 Å². The van der Waals surface area contributed by atoms with Crippen LogP contribution in [0.1, 0.15) is 17.5 Å². The lowest BCUT2D eigenvalue weighted by Crippen LogP contribution is -2.41. The minimum atomic E-state index is -3.21. The number of nitrogens with one attached hydrogen (secondary N) is 1. The lowest BCUT2D eigenvalue weighted by molar-refractivity contribution is 0.572. The highest BCUT2D eigenvalue weighted by atomic mass is 32.2. The number of rotatable bonds is 1. The Morgan fingerprint density at radius 2 is 1.83 bits per heavy atom. The van der Waals surface area contributed by atoms with Crippen LogP contribution in [0.4, 0.5) is 5.69 Å². The number of para-hydroxylation sites is 1. The molecule has 0 bridgehead atoms. The summed E-state index contributed by atoms with van der Waals surface area (Å²) in [4.78, 5) is 0. The first kappa shape index (κ1) is 13.4. The summed E-state index contributed by atoms with van der Waals surface area (Å²) in [5, 5.41) is 3.14. The van der Waals surface area contributed by atoms with E-state index in [0.717, 1.165) is 29.8 Å². The zero-order valence-corrected chi connectivity index (χ0v) is 11.8. The van der Waals surface area contributed by atoms with Gasteiger partial charge in [-0.3, -0.25) is 4.31 Å². The van der Waals surface area contributed by atoms with Gasteiger partial charge in [0.1, 0.15) is 0 Å². The molecule has 1 saturated heterocycles. The highest BCUT2D eigenvalue weighted by Gasteiger charge is 2.25. The van der Waals surface area contributed by atoms with Crippen LogP contribution in [0.25, 0.3) is 0 Å². The molecule has 1 aromatic rings. The lowest BCUT2D eigenvalue weighted by Gasteiger charge is -2.29. The number of aryl methyl sites for hydroxylation is 2. The van der Waals surface area contributed by atoms with Crippen molar-refractivity contribution in [1.29, 1.82) is 0 Å². The standard InChI is InChI=1S/C13H20N2O2S/c1-11-5-3-6-12(2)13(11)15-9-4-7-14-8-10-18(15,16)17/h3,5-6,14H,4,7-10H2,1-2H3. The quantitative estimate of drug-likeness (QED) is 0.838. The van der Waals surface area contributed by atoms with Crippen molar-refractivity contribution in [3.05, 3.63) is 29.3 Å². The van der Waals surface area contributed by atoms with E-state index in [0.29, 0.717) is 13.1 Å². The van der Waals surface area contributed by atoms with E-state index < -0.39 is 10.0 Å². The molecule has 1 aromatic carbocycles. The SMILES string of the molecule is Cc1cccc(C)c1N1CCCNCCS1(=O)=O. The fraction of sp³-hybridized carbons (Fsp3) is 0.538. The fourth-order valence-electron chi connectivity index (χ4n) is 2.37. The van der Waals surface area contributed by atoms with Crippen LogP contribution in [0.5, 0.6) is 0 Å². The molecule has 0 radical (unpaired) electrons. The van der Waals surface area contributed by atoms with Crippen LogP contribution in [-0.2, 0) is 10.0 Å². The van der Waals surface area contributed by atoms with Gasteiger partial charge in [-0.2, -0.15) is 0 Å². The Morgan fingerprint density at radius 1 is 1.17 bits per heavy atom. The maximum absolute atomic E-state index is 12.3. The van der Waals surface area contributed by atoms with E-state index in [1.165, 1.54) is 0 Å². The Morgan fingerprint density at radius 3 is 2.50 bits per heavy atom. The molecular formula is C13H20N2O2S. The minimum Gasteiger partial charge on any atom is -0.316 e. The largest absolute Gasteiger partial charge is 0.316 e. The van der Waals surface area contributed by atoms with E-state index in [4.69, 9.17) is 0 Å². The molecule has 4 nitrogen and oxygen atoms in total. The number of benzene rings is 1. The van der Waals surface area contributed by atoms with Gasteiger partial charge in [-0.05, 0) is 37.9 Å². The van der Waals surface area contributed by atoms with Gasteiger partial charge in [0.25, 0.3) is 0 Å². The number of nitrogens with zero attached hydrogens (tertiary/aromatic N) is 1. The zero-order chi connectivity index (χ0) is 13.2. The van der Waals surface area contributed by atoms with E-state index in [1.807, 2.05) is 32.0 Å². The number of hydrogen-bond donors (Lipinski definition) is 1. The highest BCUT2D eigenvalue weighted by Crippen LogP contribution is 2.27. The topological polar surface area (TPSA) is 49.4 Å². The maximum atomic E-state index is 12.3. The van der Waals surface area contributed by atoms with Crippen molar-refractivity contribution in [1.82, 2.24) is 5.32 Å². The predicted octanol–water partition coefficient (Wildman–Crippen LogP) is 1.43. The molecule has 0 aliphatic carbocycles. The summed E-state index contributed by atoms with van der Waals surface area (Å²) in [6.07, 6.45) is 0.840. The predicted molar refractivity (Wildman–Crippen MR) is 74.5 cm³/mol. The van der Waals surface area contributed by atoms with Gasteiger partial charge in [-0.15, -0.1) is 0 Å². The minimum absolute atomic E-state index is 0.167. The van der Waals surface area contributed by atoms with Gasteiger partial charge in [0.15, 0.2) is 0 Å². The van der Waals surface area contributed by atoms with Crippen molar-refractivity contribution in [3.8, 4) is 0 Å². The van der Waals surface area contributed by atoms with Gasteiger partial charge >= 0.3 is 0 Å². The van der Waals surface area contributed by atoms with Gasteiger partial charge in [0.2, 0.25) is 10.0 Å². The average Bonchev–Trinajstić information content (AvgIpc) is 2.28. The van der Waals surface area contributed by atoms with Gasteiger partial charge in [0.05, 0.1) is 11.4 Å². The molecule has 1 aliphatic heterocycles. The second-order valence-corrected chi connectivity index (χ2v) is 6.74. The fourth-order valence-corrected chi connectivity index (χ4v) is 3.97. The summed E-state index contributed by atoms with van der Waals surface area (Å²) in [5.41, 5.74) is 2.90. The Labute approximate surface area is 109 Å². The summed E-state index contributed by atoms with van der Waals surface area (Å²) < 4.78 is 26.3. The Bertz CT molecular complexity index is 506. The van der Waals surface area contributed by atoms with Crippen molar-refractivity contribution >= 4 is 15.7 Å². The van der Waals surface area contributed by atoms with Crippen molar-refractivity contribution in [2.45, 2.75) is 20.3 Å². The van der Waals surface area contributed by atoms with Gasteiger partial charge in [-0.1, -0.05) is 18.2 Å². The molecule has 0 saturated carbocycles. The monoisotopic (exact) mass is 268 g/mol. The molecule has 1 N–H and O–H groups in total. The Hall–Kier alpha value is -1.07. The van der Waals surface area contributed by atoms with E-state index >= 15 is 0 Å². The molecule has 2 rings (SSSR count). The molecule has 0 amide bonds. The molecule has 0 unspecified atom stereocenters. The molecule has 0 aromatic heterocycles. The first-order valence-corrected chi connectivity index (χ1v) is 7.90. The van der Waals surface area contributed by atoms with Crippen molar-refractivity contribution in [2.75, 3.05) is 29.7 Å². The molecule has 1 aliphatic rings. The van der Waals surface area contributed by atoms with Crippen LogP contribution in [0.3, 0.4) is 0 Å². The van der Waals surface area contributed by atoms with Crippen molar-refractivity contribution in [3.63, 3.8) is 0 Å². The molecule has 0 atom stereocenters. The second kappa shape index (κ2) is 5.28. The van der Waals surface area contributed by atoms with Crippen LogP contribution in [-0.4, -0.2) is 33.8 Å².